The molecule has 13 heteroatoms. The molecule has 0 bridgehead atoms. The van der Waals surface area contributed by atoms with Gasteiger partial charge >= 0.3 is 12.1 Å². The van der Waals surface area contributed by atoms with Crippen molar-refractivity contribution >= 4 is 39.2 Å². The monoisotopic (exact) mass is 541 g/mol. The maximum absolute atomic E-state index is 12.9. The van der Waals surface area contributed by atoms with Gasteiger partial charge in [-0.3, -0.25) is 14.3 Å². The highest BCUT2D eigenvalue weighted by atomic mass is 32.2. The Bertz CT molecular complexity index is 1290. The third kappa shape index (κ3) is 7.81. The van der Waals surface area contributed by atoms with Gasteiger partial charge in [-0.05, 0) is 55.2 Å². The van der Waals surface area contributed by atoms with Crippen LogP contribution in [0.3, 0.4) is 0 Å². The number of amides is 2. The van der Waals surface area contributed by atoms with E-state index in [1.807, 2.05) is 0 Å². The quantitative estimate of drug-likeness (QED) is 0.376. The molecule has 2 amide bonds. The summed E-state index contributed by atoms with van der Waals surface area (Å²) in [5.41, 5.74) is 1.64. The highest BCUT2D eigenvalue weighted by Crippen LogP contribution is 2.48. The fourth-order valence-electron chi connectivity index (χ4n) is 3.32. The minimum atomic E-state index is -5.08. The second kappa shape index (κ2) is 11.5. The number of rotatable bonds is 8. The van der Waals surface area contributed by atoms with Gasteiger partial charge in [0.2, 0.25) is 11.8 Å². The molecule has 1 aliphatic carbocycles. The van der Waals surface area contributed by atoms with E-state index in [2.05, 4.69) is 21.9 Å². The number of nitrogens with one attached hydrogen (secondary N) is 3. The molecule has 37 heavy (non-hydrogen) atoms. The van der Waals surface area contributed by atoms with Crippen LogP contribution in [0.15, 0.2) is 60.0 Å². The van der Waals surface area contributed by atoms with Crippen LogP contribution in [0, 0.1) is 6.92 Å². The van der Waals surface area contributed by atoms with E-state index in [9.17, 15) is 31.2 Å². The Balaban J connectivity index is 0.000000604. The third-order valence-electron chi connectivity index (χ3n) is 5.26. The molecule has 3 rings (SSSR count). The van der Waals surface area contributed by atoms with E-state index in [0.29, 0.717) is 12.2 Å². The number of aliphatic carboxylic acids is 1. The van der Waals surface area contributed by atoms with Gasteiger partial charge in [0, 0.05) is 19.2 Å². The molecule has 200 valence electrons. The van der Waals surface area contributed by atoms with E-state index >= 15 is 0 Å². The number of alkyl halides is 3. The molecule has 0 saturated heterocycles. The molecule has 9 nitrogen and oxygen atoms in total. The van der Waals surface area contributed by atoms with Crippen molar-refractivity contribution in [1.29, 1.82) is 0 Å². The van der Waals surface area contributed by atoms with Crippen LogP contribution in [0.2, 0.25) is 0 Å². The highest BCUT2D eigenvalue weighted by Gasteiger charge is 2.51. The van der Waals surface area contributed by atoms with Crippen LogP contribution >= 0.6 is 0 Å². The number of carbonyl (C=O) groups is 3. The van der Waals surface area contributed by atoms with Crippen molar-refractivity contribution in [3.8, 4) is 0 Å². The number of carbonyl (C=O) groups excluding carboxylic acids is 2. The fourth-order valence-corrected chi connectivity index (χ4v) is 4.62. The summed E-state index contributed by atoms with van der Waals surface area (Å²) in [5.74, 6) is -3.16. The van der Waals surface area contributed by atoms with Gasteiger partial charge in [-0.2, -0.15) is 13.2 Å². The van der Waals surface area contributed by atoms with Gasteiger partial charge < -0.3 is 15.7 Å². The molecule has 0 atom stereocenters. The average molecular weight is 542 g/mol. The zero-order valence-corrected chi connectivity index (χ0v) is 20.8. The molecule has 0 aromatic heterocycles. The van der Waals surface area contributed by atoms with Gasteiger partial charge in [0.05, 0.1) is 11.1 Å². The van der Waals surface area contributed by atoms with Crippen LogP contribution in [-0.2, 0) is 29.8 Å². The van der Waals surface area contributed by atoms with Gasteiger partial charge in [-0.15, -0.1) is 6.58 Å². The summed E-state index contributed by atoms with van der Waals surface area (Å²) in [6.45, 7) is 7.11. The summed E-state index contributed by atoms with van der Waals surface area (Å²) in [6.07, 6.45) is -1.94. The summed E-state index contributed by atoms with van der Waals surface area (Å²) in [4.78, 5) is 32.8. The second-order valence-corrected chi connectivity index (χ2v) is 9.90. The standard InChI is InChI=1S/C22H25N3O4S.C2HF3O2/c1-4-13-23-21(27)22(11-12-22)17-6-8-18(9-7-17)25-30(28,29)20-14-15(2)5-10-19(20)24-16(3)26;3-2(4,5)1(6)7/h4-10,14,25H,1,11-13H2,2-3H3,(H,23,27)(H,24,26);(H,6,7). The normalized spacial score (nSPS) is 13.9. The van der Waals surface area contributed by atoms with Crippen molar-refractivity contribution in [1.82, 2.24) is 5.32 Å². The smallest absolute Gasteiger partial charge is 0.475 e. The van der Waals surface area contributed by atoms with Crippen LogP contribution in [0.25, 0.3) is 0 Å². The Morgan fingerprint density at radius 1 is 1.11 bits per heavy atom. The Kier molecular flexibility index (Phi) is 9.09. The van der Waals surface area contributed by atoms with Crippen LogP contribution in [-0.4, -0.2) is 44.0 Å². The largest absolute Gasteiger partial charge is 0.490 e. The number of carboxylic acid groups (broad SMARTS) is 1. The van der Waals surface area contributed by atoms with Gasteiger partial charge in [-0.1, -0.05) is 24.3 Å². The highest BCUT2D eigenvalue weighted by molar-refractivity contribution is 7.92. The van der Waals surface area contributed by atoms with Gasteiger partial charge in [0.25, 0.3) is 10.0 Å². The van der Waals surface area contributed by atoms with Crippen molar-refractivity contribution in [2.75, 3.05) is 16.6 Å². The zero-order chi connectivity index (χ0) is 28.0. The molecule has 1 fully saturated rings. The first-order valence-electron chi connectivity index (χ1n) is 10.8. The molecule has 1 aliphatic rings. The van der Waals surface area contributed by atoms with Crippen LogP contribution in [0.5, 0.6) is 0 Å². The van der Waals surface area contributed by atoms with Crippen molar-refractivity contribution in [3.05, 3.63) is 66.2 Å². The van der Waals surface area contributed by atoms with E-state index in [0.717, 1.165) is 24.0 Å². The maximum Gasteiger partial charge on any atom is 0.490 e. The summed E-state index contributed by atoms with van der Waals surface area (Å²) >= 11 is 0. The zero-order valence-electron chi connectivity index (χ0n) is 20.0. The molecular formula is C24H26F3N3O6S. The van der Waals surface area contributed by atoms with Crippen molar-refractivity contribution in [2.24, 2.45) is 0 Å². The van der Waals surface area contributed by atoms with E-state index < -0.39 is 27.6 Å². The van der Waals surface area contributed by atoms with Gasteiger partial charge in [0.15, 0.2) is 0 Å². The fraction of sp³-hybridized carbons (Fsp3) is 0.292. The maximum atomic E-state index is 12.9. The number of carboxylic acids is 1. The summed E-state index contributed by atoms with van der Waals surface area (Å²) in [7, 11) is -3.93. The number of benzene rings is 2. The first kappa shape index (κ1) is 29.4. The predicted molar refractivity (Wildman–Crippen MR) is 131 cm³/mol. The molecule has 2 aromatic carbocycles. The first-order valence-corrected chi connectivity index (χ1v) is 12.3. The number of hydrogen-bond donors (Lipinski definition) is 4. The second-order valence-electron chi connectivity index (χ2n) is 8.25. The molecule has 0 unspecified atom stereocenters. The van der Waals surface area contributed by atoms with Crippen molar-refractivity contribution < 1.29 is 41.1 Å². The van der Waals surface area contributed by atoms with E-state index in [1.165, 1.54) is 13.0 Å². The van der Waals surface area contributed by atoms with Gasteiger partial charge in [0.1, 0.15) is 4.90 Å². The Hall–Kier alpha value is -3.87. The Labute approximate surface area is 211 Å². The topological polar surface area (TPSA) is 142 Å². The number of hydrogen-bond acceptors (Lipinski definition) is 5. The lowest BCUT2D eigenvalue weighted by atomic mass is 9.95. The molecular weight excluding hydrogens is 515 g/mol. The molecule has 2 aromatic rings. The Morgan fingerprint density at radius 2 is 1.68 bits per heavy atom. The molecule has 0 spiro atoms. The minimum Gasteiger partial charge on any atom is -0.475 e. The summed E-state index contributed by atoms with van der Waals surface area (Å²) in [5, 5.41) is 12.5. The molecule has 0 heterocycles. The predicted octanol–water partition coefficient (Wildman–Crippen LogP) is 3.72. The van der Waals surface area contributed by atoms with Crippen LogP contribution in [0.4, 0.5) is 24.5 Å². The van der Waals surface area contributed by atoms with Crippen molar-refractivity contribution in [2.45, 2.75) is 43.2 Å². The minimum absolute atomic E-state index is 0.00996. The molecule has 0 aliphatic heterocycles. The lowest BCUT2D eigenvalue weighted by Crippen LogP contribution is -2.34. The van der Waals surface area contributed by atoms with Crippen LogP contribution < -0.4 is 15.4 Å². The first-order chi connectivity index (χ1) is 17.1. The Morgan fingerprint density at radius 3 is 2.14 bits per heavy atom. The van der Waals surface area contributed by atoms with E-state index in [-0.39, 0.29) is 22.4 Å². The summed E-state index contributed by atoms with van der Waals surface area (Å²) < 4.78 is 60.2. The number of anilines is 2. The van der Waals surface area contributed by atoms with E-state index in [4.69, 9.17) is 9.90 Å². The molecule has 0 radical (unpaired) electrons. The number of sulfonamides is 1. The molecule has 4 N–H and O–H groups in total. The SMILES string of the molecule is C=CCNC(=O)C1(c2ccc(NS(=O)(=O)c3cc(C)ccc3NC(C)=O)cc2)CC1.O=C(O)C(F)(F)F. The number of aryl methyl sites for hydroxylation is 1. The van der Waals surface area contributed by atoms with Crippen molar-refractivity contribution in [3.63, 3.8) is 0 Å². The molecule has 1 saturated carbocycles. The average Bonchev–Trinajstić information content (AvgIpc) is 3.60. The lowest BCUT2D eigenvalue weighted by molar-refractivity contribution is -0.192. The number of halogens is 3. The van der Waals surface area contributed by atoms with E-state index in [1.54, 1.807) is 49.4 Å². The third-order valence-corrected chi connectivity index (χ3v) is 6.68. The van der Waals surface area contributed by atoms with Crippen LogP contribution in [0.1, 0.15) is 30.9 Å². The lowest BCUT2D eigenvalue weighted by Gasteiger charge is -2.17. The summed E-state index contributed by atoms with van der Waals surface area (Å²) in [6, 6.07) is 11.6. The van der Waals surface area contributed by atoms with Gasteiger partial charge in [-0.25, -0.2) is 13.2 Å².